The van der Waals surface area contributed by atoms with Gasteiger partial charge in [-0.05, 0) is 68.1 Å². The van der Waals surface area contributed by atoms with Crippen LogP contribution in [0.1, 0.15) is 69.0 Å². The summed E-state index contributed by atoms with van der Waals surface area (Å²) in [5, 5.41) is 0. The lowest BCUT2D eigenvalue weighted by Gasteiger charge is -2.32. The number of allylic oxidation sites excluding steroid dienone is 2. The number of sulfonamides is 1. The molecule has 1 saturated heterocycles. The number of piperidine rings is 1. The van der Waals surface area contributed by atoms with Gasteiger partial charge in [-0.25, -0.2) is 12.7 Å². The number of nitrogens with zero attached hydrogens (tertiary/aromatic N) is 2. The van der Waals surface area contributed by atoms with Crippen molar-refractivity contribution in [1.29, 1.82) is 0 Å². The summed E-state index contributed by atoms with van der Waals surface area (Å²) >= 11 is 0. The number of esters is 1. The third-order valence-corrected chi connectivity index (χ3v) is 8.59. The lowest BCUT2D eigenvalue weighted by Crippen LogP contribution is -2.40. The molecule has 0 amide bonds. The molecule has 0 spiro atoms. The molecule has 2 aliphatic carbocycles. The van der Waals surface area contributed by atoms with E-state index < -0.39 is 10.0 Å². The first-order valence-electron chi connectivity index (χ1n) is 11.3. The van der Waals surface area contributed by atoms with E-state index in [1.165, 1.54) is 17.6 Å². The molecule has 7 heteroatoms. The van der Waals surface area contributed by atoms with E-state index in [1.54, 1.807) is 4.31 Å². The standard InChI is InChI=1S/C23H32N2O4S/c26-23(29-19-6-2-1-3-7-19)9-5-17-30(27,28)25-15-12-18(13-16-25)20-10-11-22-21(20)8-4-14-24-22/h4,8,10,14,18-19H,1-3,5-7,9,11-13,15-17H2. The van der Waals surface area contributed by atoms with Crippen LogP contribution in [0.25, 0.3) is 5.57 Å². The number of carbonyl (C=O) groups is 1. The summed E-state index contributed by atoms with van der Waals surface area (Å²) in [6.07, 6.45) is 12.5. The number of aromatic nitrogens is 1. The Bertz CT molecular complexity index is 882. The van der Waals surface area contributed by atoms with Crippen molar-refractivity contribution in [2.45, 2.75) is 70.3 Å². The normalized spacial score (nSPS) is 21.3. The monoisotopic (exact) mass is 432 g/mol. The van der Waals surface area contributed by atoms with Crippen molar-refractivity contribution in [3.63, 3.8) is 0 Å². The Morgan fingerprint density at radius 1 is 1.13 bits per heavy atom. The van der Waals surface area contributed by atoms with Gasteiger partial charge < -0.3 is 4.74 Å². The minimum absolute atomic E-state index is 0.0207. The molecule has 30 heavy (non-hydrogen) atoms. The zero-order valence-corrected chi connectivity index (χ0v) is 18.4. The topological polar surface area (TPSA) is 76.6 Å². The molecule has 1 aromatic heterocycles. The molecule has 0 atom stereocenters. The highest BCUT2D eigenvalue weighted by molar-refractivity contribution is 7.89. The van der Waals surface area contributed by atoms with Crippen LogP contribution in [-0.4, -0.2) is 48.6 Å². The average molecular weight is 433 g/mol. The zero-order valence-electron chi connectivity index (χ0n) is 17.6. The van der Waals surface area contributed by atoms with E-state index in [4.69, 9.17) is 4.74 Å². The highest BCUT2D eigenvalue weighted by Crippen LogP contribution is 2.37. The highest BCUT2D eigenvalue weighted by atomic mass is 32.2. The molecule has 0 unspecified atom stereocenters. The third kappa shape index (κ3) is 5.11. The van der Waals surface area contributed by atoms with Gasteiger partial charge >= 0.3 is 5.97 Å². The van der Waals surface area contributed by atoms with Crippen molar-refractivity contribution < 1.29 is 17.9 Å². The number of pyridine rings is 1. The van der Waals surface area contributed by atoms with Gasteiger partial charge in [-0.1, -0.05) is 18.6 Å². The first-order chi connectivity index (χ1) is 14.5. The molecule has 3 aliphatic rings. The number of carbonyl (C=O) groups excluding carboxylic acids is 1. The summed E-state index contributed by atoms with van der Waals surface area (Å²) in [6, 6.07) is 4.09. The molecule has 164 valence electrons. The van der Waals surface area contributed by atoms with Crippen LogP contribution in [0.5, 0.6) is 0 Å². The van der Waals surface area contributed by atoms with Gasteiger partial charge in [0.1, 0.15) is 6.10 Å². The lowest BCUT2D eigenvalue weighted by atomic mass is 9.87. The highest BCUT2D eigenvalue weighted by Gasteiger charge is 2.31. The first-order valence-corrected chi connectivity index (χ1v) is 13.0. The van der Waals surface area contributed by atoms with E-state index >= 15 is 0 Å². The first kappa shape index (κ1) is 21.5. The zero-order chi connectivity index (χ0) is 21.0. The van der Waals surface area contributed by atoms with Crippen LogP contribution in [0.3, 0.4) is 0 Å². The Labute approximate surface area is 179 Å². The maximum atomic E-state index is 12.7. The van der Waals surface area contributed by atoms with Gasteiger partial charge in [-0.15, -0.1) is 0 Å². The Hall–Kier alpha value is -1.73. The van der Waals surface area contributed by atoms with Gasteiger partial charge in [0.25, 0.3) is 0 Å². The summed E-state index contributed by atoms with van der Waals surface area (Å²) in [5.74, 6) is 0.163. The third-order valence-electron chi connectivity index (χ3n) is 6.64. The van der Waals surface area contributed by atoms with Crippen LogP contribution >= 0.6 is 0 Å². The molecule has 1 aromatic rings. The summed E-state index contributed by atoms with van der Waals surface area (Å²) in [6.45, 7) is 1.10. The second kappa shape index (κ2) is 9.60. The van der Waals surface area contributed by atoms with E-state index in [0.717, 1.165) is 50.6 Å². The summed E-state index contributed by atoms with van der Waals surface area (Å²) in [5.41, 5.74) is 3.69. The summed E-state index contributed by atoms with van der Waals surface area (Å²) < 4.78 is 32.6. The van der Waals surface area contributed by atoms with Crippen LogP contribution in [0, 0.1) is 5.92 Å². The van der Waals surface area contributed by atoms with E-state index in [2.05, 4.69) is 17.1 Å². The van der Waals surface area contributed by atoms with Crippen molar-refractivity contribution in [3.8, 4) is 0 Å². The minimum atomic E-state index is -3.33. The van der Waals surface area contributed by atoms with E-state index in [0.29, 0.717) is 25.4 Å². The molecule has 6 nitrogen and oxygen atoms in total. The Kier molecular flexibility index (Phi) is 6.88. The second-order valence-electron chi connectivity index (χ2n) is 8.70. The maximum absolute atomic E-state index is 12.7. The number of ether oxygens (including phenoxy) is 1. The molecule has 2 heterocycles. The Morgan fingerprint density at radius 2 is 1.90 bits per heavy atom. The van der Waals surface area contributed by atoms with Gasteiger partial charge in [0, 0.05) is 32.1 Å². The van der Waals surface area contributed by atoms with Crippen molar-refractivity contribution in [3.05, 3.63) is 35.7 Å². The summed E-state index contributed by atoms with van der Waals surface area (Å²) in [7, 11) is -3.33. The molecule has 0 aromatic carbocycles. The predicted octanol–water partition coefficient (Wildman–Crippen LogP) is 3.72. The minimum Gasteiger partial charge on any atom is -0.462 e. The number of hydrogen-bond donors (Lipinski definition) is 0. The molecule has 2 fully saturated rings. The molecule has 1 saturated carbocycles. The molecule has 1 aliphatic heterocycles. The quantitative estimate of drug-likeness (QED) is 0.614. The Balaban J connectivity index is 1.22. The SMILES string of the molecule is O=C(CCCS(=O)(=O)N1CCC(C2=CCc3ncccc32)CC1)OC1CCCCC1. The van der Waals surface area contributed by atoms with E-state index in [1.807, 2.05) is 12.3 Å². The second-order valence-corrected chi connectivity index (χ2v) is 10.8. The molecule has 0 bridgehead atoms. The summed E-state index contributed by atoms with van der Waals surface area (Å²) in [4.78, 5) is 16.5. The van der Waals surface area contributed by atoms with Crippen molar-refractivity contribution in [2.24, 2.45) is 5.92 Å². The van der Waals surface area contributed by atoms with Crippen LogP contribution in [-0.2, 0) is 26.0 Å². The Morgan fingerprint density at radius 3 is 2.67 bits per heavy atom. The molecule has 4 rings (SSSR count). The smallest absolute Gasteiger partial charge is 0.306 e. The van der Waals surface area contributed by atoms with E-state index in [9.17, 15) is 13.2 Å². The lowest BCUT2D eigenvalue weighted by molar-refractivity contribution is -0.150. The van der Waals surface area contributed by atoms with Crippen LogP contribution < -0.4 is 0 Å². The fourth-order valence-corrected chi connectivity index (χ4v) is 6.50. The molecular formula is C23H32N2O4S. The van der Waals surface area contributed by atoms with Crippen LogP contribution in [0.2, 0.25) is 0 Å². The van der Waals surface area contributed by atoms with Crippen molar-refractivity contribution in [1.82, 2.24) is 9.29 Å². The van der Waals surface area contributed by atoms with Gasteiger partial charge in [0.05, 0.1) is 11.4 Å². The fourth-order valence-electron chi connectivity index (χ4n) is 4.97. The number of fused-ring (bicyclic) bond motifs is 1. The van der Waals surface area contributed by atoms with Gasteiger partial charge in [0.15, 0.2) is 0 Å². The fraction of sp³-hybridized carbons (Fsp3) is 0.652. The van der Waals surface area contributed by atoms with Crippen LogP contribution in [0.15, 0.2) is 24.4 Å². The van der Waals surface area contributed by atoms with Gasteiger partial charge in [-0.2, -0.15) is 0 Å². The molecule has 0 radical (unpaired) electrons. The van der Waals surface area contributed by atoms with E-state index in [-0.39, 0.29) is 24.2 Å². The number of hydrogen-bond acceptors (Lipinski definition) is 5. The maximum Gasteiger partial charge on any atom is 0.306 e. The van der Waals surface area contributed by atoms with Gasteiger partial charge in [-0.3, -0.25) is 9.78 Å². The molecule has 0 N–H and O–H groups in total. The average Bonchev–Trinajstić information content (AvgIpc) is 3.18. The largest absolute Gasteiger partial charge is 0.462 e. The van der Waals surface area contributed by atoms with Crippen molar-refractivity contribution >= 4 is 21.6 Å². The predicted molar refractivity (Wildman–Crippen MR) is 116 cm³/mol. The molecular weight excluding hydrogens is 400 g/mol. The van der Waals surface area contributed by atoms with Gasteiger partial charge in [0.2, 0.25) is 10.0 Å². The van der Waals surface area contributed by atoms with Crippen LogP contribution in [0.4, 0.5) is 0 Å². The number of rotatable bonds is 7. The van der Waals surface area contributed by atoms with Crippen molar-refractivity contribution in [2.75, 3.05) is 18.8 Å².